The van der Waals surface area contributed by atoms with E-state index in [1.807, 2.05) is 0 Å². The standard InChI is InChI=1S/C53H90N10O15.2C2H4O2/c1-6-28(2)23-29(3)13-11-9-7-8-10-12-14-39(69)57-35-25-38(68)47(56-22-21-55)61-51(76)43-44(70)30(4)26-63(43)53(78)41(37(67)19-20-54)59-50(75)42(46(72)45(71)32-15-17-33(65)18-16-32)60-49(74)36-24-34(66)27-62(36)52(77)40(31(5)64)58-48(35)73;2*1-2(3)4/h15-18,28-31,34-38,40-47,56,64-68,70-72H,6-14,19-27,54-55H2,1-5H3,(H,57,69)(H,58,73)(H,59,75)(H,60,74)(H,61,76);2*1H3,(H,3,4)/t28?,29?,30?,31-,34-,35+,36+,37-,38-,40+,41+,42+,43+,44+,45+,46+,47+;;/m1../s1. The van der Waals surface area contributed by atoms with E-state index in [9.17, 15) is 74.4 Å². The molecule has 20 N–H and O–H groups in total. The first-order valence-corrected chi connectivity index (χ1v) is 29.6. The maximum absolute atomic E-state index is 14.7. The maximum Gasteiger partial charge on any atom is 0.300 e. The number of carbonyl (C=O) groups excluding carboxylic acids is 7. The second-order valence-electron chi connectivity index (χ2n) is 22.9. The average Bonchev–Trinajstić information content (AvgIpc) is 4.07. The van der Waals surface area contributed by atoms with Gasteiger partial charge < -0.3 is 98.9 Å². The first kappa shape index (κ1) is 75.9. The first-order valence-electron chi connectivity index (χ1n) is 29.6. The minimum absolute atomic E-state index is 0.0276. The molecular weight excluding hydrogens is 1130 g/mol. The van der Waals surface area contributed by atoms with Crippen LogP contribution < -0.4 is 43.4 Å². The number of benzene rings is 1. The lowest BCUT2D eigenvalue weighted by Gasteiger charge is -2.35. The summed E-state index contributed by atoms with van der Waals surface area (Å²) >= 11 is 0. The van der Waals surface area contributed by atoms with Crippen LogP contribution in [-0.2, 0) is 43.2 Å². The van der Waals surface area contributed by atoms with Gasteiger partial charge >= 0.3 is 0 Å². The number of unbranched alkanes of at least 4 members (excludes halogenated alkanes) is 5. The summed E-state index contributed by atoms with van der Waals surface area (Å²) in [4.78, 5) is 120. The number of hydrogen-bond acceptors (Lipinski definition) is 20. The zero-order valence-corrected chi connectivity index (χ0v) is 50.5. The topological polar surface area (TPSA) is 487 Å². The van der Waals surface area contributed by atoms with Gasteiger partial charge in [-0.15, -0.1) is 0 Å². The Kier molecular flexibility index (Phi) is 33.7. The van der Waals surface area contributed by atoms with Crippen molar-refractivity contribution in [2.75, 3.05) is 32.7 Å². The van der Waals surface area contributed by atoms with Gasteiger partial charge in [0.1, 0.15) is 60.4 Å². The molecule has 3 aliphatic heterocycles. The molecule has 3 saturated heterocycles. The van der Waals surface area contributed by atoms with Gasteiger partial charge in [0.2, 0.25) is 41.4 Å². The fourth-order valence-electron chi connectivity index (χ4n) is 10.5. The second-order valence-corrected chi connectivity index (χ2v) is 22.9. The van der Waals surface area contributed by atoms with Crippen molar-refractivity contribution in [2.24, 2.45) is 29.2 Å². The predicted octanol–water partition coefficient (Wildman–Crippen LogP) is -2.88. The molecule has 490 valence electrons. The Morgan fingerprint density at radius 1 is 0.686 bits per heavy atom. The van der Waals surface area contributed by atoms with Gasteiger partial charge in [-0.05, 0) is 62.3 Å². The molecule has 3 fully saturated rings. The summed E-state index contributed by atoms with van der Waals surface area (Å²) in [5.41, 5.74) is 11.5. The smallest absolute Gasteiger partial charge is 0.300 e. The number of nitrogens with one attached hydrogen (secondary N) is 6. The molecule has 0 aromatic heterocycles. The van der Waals surface area contributed by atoms with Gasteiger partial charge in [-0.3, -0.25) is 48.5 Å². The van der Waals surface area contributed by atoms with E-state index in [4.69, 9.17) is 31.3 Å². The molecule has 0 saturated carbocycles. The van der Waals surface area contributed by atoms with Crippen LogP contribution in [0.5, 0.6) is 5.75 Å². The van der Waals surface area contributed by atoms with Gasteiger partial charge in [-0.1, -0.05) is 84.8 Å². The van der Waals surface area contributed by atoms with Crippen molar-refractivity contribution in [3.05, 3.63) is 29.8 Å². The van der Waals surface area contributed by atoms with Crippen LogP contribution in [0.15, 0.2) is 24.3 Å². The molecular formula is C57H98N10O19. The zero-order chi connectivity index (χ0) is 65.1. The van der Waals surface area contributed by atoms with Crippen molar-refractivity contribution in [1.29, 1.82) is 0 Å². The van der Waals surface area contributed by atoms with Crippen molar-refractivity contribution in [1.82, 2.24) is 41.7 Å². The summed E-state index contributed by atoms with van der Waals surface area (Å²) in [6.45, 7) is 10.4. The quantitative estimate of drug-likeness (QED) is 0.0489. The number of carboxylic acid groups (broad SMARTS) is 2. The molecule has 3 unspecified atom stereocenters. The molecule has 29 nitrogen and oxygen atoms in total. The van der Waals surface area contributed by atoms with Gasteiger partial charge in [-0.2, -0.15) is 0 Å². The molecule has 0 radical (unpaired) electrons. The van der Waals surface area contributed by atoms with Gasteiger partial charge in [0.15, 0.2) is 0 Å². The van der Waals surface area contributed by atoms with E-state index in [1.54, 1.807) is 0 Å². The van der Waals surface area contributed by atoms with E-state index in [0.717, 1.165) is 69.1 Å². The third-order valence-corrected chi connectivity index (χ3v) is 15.3. The molecule has 0 aliphatic carbocycles. The van der Waals surface area contributed by atoms with Crippen LogP contribution in [0.3, 0.4) is 0 Å². The van der Waals surface area contributed by atoms with Crippen molar-refractivity contribution in [2.45, 2.75) is 217 Å². The predicted molar refractivity (Wildman–Crippen MR) is 311 cm³/mol. The lowest BCUT2D eigenvalue weighted by atomic mass is 9.91. The van der Waals surface area contributed by atoms with Gasteiger partial charge in [0, 0.05) is 65.2 Å². The van der Waals surface area contributed by atoms with Crippen LogP contribution in [-0.4, -0.2) is 226 Å². The zero-order valence-electron chi connectivity index (χ0n) is 50.5. The number of fused-ring (bicyclic) bond motifs is 2. The fraction of sp³-hybridized carbons (Fsp3) is 0.737. The van der Waals surface area contributed by atoms with Crippen LogP contribution in [0.25, 0.3) is 0 Å². The van der Waals surface area contributed by atoms with Crippen LogP contribution in [0.4, 0.5) is 0 Å². The number of aliphatic hydroxyl groups excluding tert-OH is 7. The third kappa shape index (κ3) is 24.9. The Labute approximate surface area is 502 Å². The molecule has 3 heterocycles. The number of nitrogens with two attached hydrogens (primary N) is 2. The Hall–Kier alpha value is -6.15. The summed E-state index contributed by atoms with van der Waals surface area (Å²) in [6, 6.07) is -6.44. The number of phenols is 1. The van der Waals surface area contributed by atoms with Gasteiger partial charge in [0.05, 0.1) is 30.5 Å². The molecule has 1 aromatic carbocycles. The SMILES string of the molecule is CC(=O)O.CC(=O)O.CCC(C)CC(C)CCCCCCCCC(=O)N[C@H]1C[C@@H](O)[C@@H](NCCN)NC(=O)[C@@H]2[C@@H](O)C(C)CN2C(=O)[C@H]([C@H](O)CCN)NC(=O)[C@H]([C@H](O)[C@@H](O)c2ccc(O)cc2)NC(=O)[C@@H]2C[C@@H](O)CN2C(=O)[C@H]([C@@H](C)O)NC1=O. The molecule has 17 atom stereocenters. The van der Waals surface area contributed by atoms with E-state index < -0.39 is 164 Å². The number of phenolic OH excluding ortho intramolecular Hbond substituents is 1. The molecule has 0 bridgehead atoms. The number of aliphatic carboxylic acids is 2. The Morgan fingerprint density at radius 2 is 1.24 bits per heavy atom. The monoisotopic (exact) mass is 1230 g/mol. The molecule has 1 aromatic rings. The number of nitrogens with zero attached hydrogens (tertiary/aromatic N) is 2. The van der Waals surface area contributed by atoms with E-state index in [0.29, 0.717) is 24.7 Å². The fourth-order valence-corrected chi connectivity index (χ4v) is 10.5. The van der Waals surface area contributed by atoms with Crippen LogP contribution in [0, 0.1) is 17.8 Å². The minimum atomic E-state index is -2.28. The molecule has 0 spiro atoms. The van der Waals surface area contributed by atoms with Crippen molar-refractivity contribution in [3.8, 4) is 5.75 Å². The molecule has 4 rings (SSSR count). The van der Waals surface area contributed by atoms with Crippen LogP contribution in [0.2, 0.25) is 0 Å². The van der Waals surface area contributed by atoms with Crippen LogP contribution >= 0.6 is 0 Å². The Bertz CT molecular complexity index is 2300. The number of rotatable bonds is 23. The van der Waals surface area contributed by atoms with E-state index in [-0.39, 0.29) is 50.3 Å². The van der Waals surface area contributed by atoms with Crippen molar-refractivity contribution >= 4 is 53.3 Å². The van der Waals surface area contributed by atoms with Crippen molar-refractivity contribution < 1.29 is 94.2 Å². The highest BCUT2D eigenvalue weighted by Gasteiger charge is 2.50. The molecule has 29 heteroatoms. The molecule has 3 aliphatic rings. The normalized spacial score (nSPS) is 27.2. The average molecular weight is 1230 g/mol. The van der Waals surface area contributed by atoms with E-state index in [2.05, 4.69) is 52.7 Å². The number of carboxylic acids is 2. The summed E-state index contributed by atoms with van der Waals surface area (Å²) in [5.74, 6) is -8.92. The number of aliphatic hydroxyl groups is 7. The van der Waals surface area contributed by atoms with Gasteiger partial charge in [0.25, 0.3) is 11.9 Å². The molecule has 7 amide bonds. The second kappa shape index (κ2) is 38.2. The lowest BCUT2D eigenvalue weighted by molar-refractivity contribution is -0.148. The molecule has 86 heavy (non-hydrogen) atoms. The highest BCUT2D eigenvalue weighted by molar-refractivity contribution is 5.98. The van der Waals surface area contributed by atoms with Gasteiger partial charge in [-0.25, -0.2) is 0 Å². The van der Waals surface area contributed by atoms with Crippen LogP contribution in [0.1, 0.15) is 144 Å². The summed E-state index contributed by atoms with van der Waals surface area (Å²) in [5, 5.41) is 120. The van der Waals surface area contributed by atoms with E-state index in [1.165, 1.54) is 37.6 Å². The summed E-state index contributed by atoms with van der Waals surface area (Å²) < 4.78 is 0. The summed E-state index contributed by atoms with van der Waals surface area (Å²) in [6.07, 6.45) is -6.85. The largest absolute Gasteiger partial charge is 0.508 e. The summed E-state index contributed by atoms with van der Waals surface area (Å²) in [7, 11) is 0. The van der Waals surface area contributed by atoms with E-state index >= 15 is 0 Å². The maximum atomic E-state index is 14.7. The third-order valence-electron chi connectivity index (χ3n) is 15.3. The Balaban J connectivity index is 0.00000296. The minimum Gasteiger partial charge on any atom is -0.508 e. The number of hydrogen-bond donors (Lipinski definition) is 18. The highest BCUT2D eigenvalue weighted by atomic mass is 16.4. The van der Waals surface area contributed by atoms with Crippen molar-refractivity contribution in [3.63, 3.8) is 0 Å². The Morgan fingerprint density at radius 3 is 1.81 bits per heavy atom. The number of amides is 7. The lowest BCUT2D eigenvalue weighted by Crippen LogP contribution is -2.65. The number of aromatic hydroxyl groups is 1. The first-order chi connectivity index (χ1) is 40.4. The highest BCUT2D eigenvalue weighted by Crippen LogP contribution is 2.28. The number of carbonyl (C=O) groups is 9.